The number of carbonyl (C=O) groups is 1. The second kappa shape index (κ2) is 7.84. The molecule has 0 spiro atoms. The van der Waals surface area contributed by atoms with Crippen molar-refractivity contribution in [3.05, 3.63) is 38.6 Å². The van der Waals surface area contributed by atoms with Crippen LogP contribution in [0.2, 0.25) is 5.02 Å². The predicted octanol–water partition coefficient (Wildman–Crippen LogP) is 6.29. The van der Waals surface area contributed by atoms with E-state index in [0.717, 1.165) is 0 Å². The highest BCUT2D eigenvalue weighted by molar-refractivity contribution is 6.55. The maximum absolute atomic E-state index is 14.2. The van der Waals surface area contributed by atoms with Gasteiger partial charge in [0.2, 0.25) is 5.75 Å². The Labute approximate surface area is 170 Å². The first-order valence-electron chi connectivity index (χ1n) is 7.48. The lowest BCUT2D eigenvalue weighted by atomic mass is 10.1. The molecule has 1 aliphatic rings. The highest BCUT2D eigenvalue weighted by Crippen LogP contribution is 2.60. The van der Waals surface area contributed by atoms with Gasteiger partial charge >= 0.3 is 12.3 Å². The Balaban J connectivity index is 2.25. The second-order valence-corrected chi connectivity index (χ2v) is 7.89. The molecular formula is C16H11Cl3F6O3. The zero-order chi connectivity index (χ0) is 21.6. The number of rotatable bonds is 5. The summed E-state index contributed by atoms with van der Waals surface area (Å²) in [6.45, 7) is 2.23. The summed E-state index contributed by atoms with van der Waals surface area (Å²) < 4.78 is 86.7. The molecule has 2 rings (SSSR count). The van der Waals surface area contributed by atoms with Crippen molar-refractivity contribution in [3.8, 4) is 5.75 Å². The van der Waals surface area contributed by atoms with E-state index in [1.54, 1.807) is 13.8 Å². The number of carbonyl (C=O) groups excluding carboxylic acids is 1. The van der Waals surface area contributed by atoms with Crippen LogP contribution >= 0.6 is 34.8 Å². The molecule has 1 aliphatic carbocycles. The monoisotopic (exact) mass is 470 g/mol. The molecule has 1 aromatic rings. The molecule has 1 saturated carbocycles. The first-order valence-corrected chi connectivity index (χ1v) is 8.61. The van der Waals surface area contributed by atoms with Gasteiger partial charge in [-0.1, -0.05) is 48.7 Å². The van der Waals surface area contributed by atoms with Crippen LogP contribution in [0.1, 0.15) is 19.4 Å². The number of halogens is 9. The van der Waals surface area contributed by atoms with Gasteiger partial charge in [-0.25, -0.2) is 13.2 Å². The molecule has 0 N–H and O–H groups in total. The summed E-state index contributed by atoms with van der Waals surface area (Å²) in [4.78, 5) is 12.2. The van der Waals surface area contributed by atoms with E-state index < -0.39 is 70.0 Å². The van der Waals surface area contributed by atoms with Crippen molar-refractivity contribution in [2.24, 2.45) is 17.3 Å². The Morgan fingerprint density at radius 2 is 1.71 bits per heavy atom. The minimum absolute atomic E-state index is 0.0929. The van der Waals surface area contributed by atoms with Gasteiger partial charge in [0, 0.05) is 0 Å². The molecule has 2 atom stereocenters. The fourth-order valence-corrected chi connectivity index (χ4v) is 3.27. The van der Waals surface area contributed by atoms with Crippen LogP contribution in [0.4, 0.5) is 26.3 Å². The zero-order valence-corrected chi connectivity index (χ0v) is 16.3. The van der Waals surface area contributed by atoms with E-state index in [9.17, 15) is 31.1 Å². The Kier molecular flexibility index (Phi) is 6.43. The summed E-state index contributed by atoms with van der Waals surface area (Å²) in [5.74, 6) is -9.85. The van der Waals surface area contributed by atoms with Crippen molar-refractivity contribution in [2.45, 2.75) is 26.8 Å². The van der Waals surface area contributed by atoms with Crippen molar-refractivity contribution >= 4 is 40.8 Å². The quantitative estimate of drug-likeness (QED) is 0.219. The third-order valence-corrected chi connectivity index (χ3v) is 4.94. The normalized spacial score (nSPS) is 20.5. The van der Waals surface area contributed by atoms with E-state index in [-0.39, 0.29) is 4.49 Å². The van der Waals surface area contributed by atoms with Crippen molar-refractivity contribution in [1.82, 2.24) is 0 Å². The largest absolute Gasteiger partial charge is 0.573 e. The topological polar surface area (TPSA) is 35.5 Å². The minimum atomic E-state index is -5.46. The molecule has 0 amide bonds. The maximum Gasteiger partial charge on any atom is 0.573 e. The first-order chi connectivity index (χ1) is 12.7. The zero-order valence-electron chi connectivity index (χ0n) is 14.1. The summed E-state index contributed by atoms with van der Waals surface area (Å²) in [6, 6.07) is 0. The van der Waals surface area contributed by atoms with Gasteiger partial charge < -0.3 is 9.47 Å². The van der Waals surface area contributed by atoms with Gasteiger partial charge in [0.1, 0.15) is 16.1 Å². The van der Waals surface area contributed by atoms with Crippen LogP contribution in [0, 0.1) is 34.7 Å². The van der Waals surface area contributed by atoms with Crippen LogP contribution in [0.25, 0.3) is 0 Å². The third kappa shape index (κ3) is 4.63. The average Bonchev–Trinajstić information content (AvgIpc) is 3.08. The van der Waals surface area contributed by atoms with Crippen LogP contribution in [0.5, 0.6) is 5.75 Å². The van der Waals surface area contributed by atoms with Gasteiger partial charge in [0.05, 0.1) is 11.5 Å². The molecule has 0 aliphatic heterocycles. The fourth-order valence-electron chi connectivity index (χ4n) is 2.80. The van der Waals surface area contributed by atoms with Gasteiger partial charge in [-0.3, -0.25) is 4.79 Å². The maximum atomic E-state index is 14.2. The van der Waals surface area contributed by atoms with E-state index in [1.807, 2.05) is 0 Å². The summed E-state index contributed by atoms with van der Waals surface area (Å²) in [5, 5.41) is -1.44. The van der Waals surface area contributed by atoms with E-state index in [0.29, 0.717) is 0 Å². The molecular weight excluding hydrogens is 461 g/mol. The second-order valence-electron chi connectivity index (χ2n) is 6.50. The Morgan fingerprint density at radius 1 is 1.14 bits per heavy atom. The summed E-state index contributed by atoms with van der Waals surface area (Å²) in [7, 11) is 0. The van der Waals surface area contributed by atoms with Gasteiger partial charge in [0.25, 0.3) is 0 Å². The van der Waals surface area contributed by atoms with Crippen LogP contribution < -0.4 is 4.74 Å². The van der Waals surface area contributed by atoms with Gasteiger partial charge in [-0.2, -0.15) is 0 Å². The molecule has 0 bridgehead atoms. The lowest BCUT2D eigenvalue weighted by Crippen LogP contribution is -2.20. The number of alkyl halides is 3. The van der Waals surface area contributed by atoms with E-state index in [1.165, 1.54) is 6.08 Å². The summed E-state index contributed by atoms with van der Waals surface area (Å²) in [6.07, 6.45) is -4.07. The molecule has 0 aromatic heterocycles. The number of esters is 1. The van der Waals surface area contributed by atoms with Gasteiger partial charge in [-0.05, 0) is 17.4 Å². The Hall–Kier alpha value is -1.32. The Morgan fingerprint density at radius 3 is 2.21 bits per heavy atom. The van der Waals surface area contributed by atoms with E-state index in [4.69, 9.17) is 39.5 Å². The molecule has 0 radical (unpaired) electrons. The molecule has 1 aromatic carbocycles. The minimum Gasteiger partial charge on any atom is -0.460 e. The number of hydrogen-bond donors (Lipinski definition) is 0. The number of allylic oxidation sites excluding steroid dienone is 1. The summed E-state index contributed by atoms with van der Waals surface area (Å²) >= 11 is 16.4. The van der Waals surface area contributed by atoms with Gasteiger partial charge in [-0.15, -0.1) is 13.2 Å². The van der Waals surface area contributed by atoms with Crippen molar-refractivity contribution in [3.63, 3.8) is 0 Å². The van der Waals surface area contributed by atoms with E-state index in [2.05, 4.69) is 4.74 Å². The predicted molar refractivity (Wildman–Crippen MR) is 88.4 cm³/mol. The van der Waals surface area contributed by atoms with Crippen LogP contribution in [0.15, 0.2) is 10.6 Å². The number of hydrogen-bond acceptors (Lipinski definition) is 3. The third-order valence-electron chi connectivity index (χ3n) is 4.36. The number of ether oxygens (including phenoxy) is 2. The molecule has 156 valence electrons. The molecule has 0 saturated heterocycles. The van der Waals surface area contributed by atoms with Crippen molar-refractivity contribution < 1.29 is 40.6 Å². The lowest BCUT2D eigenvalue weighted by molar-refractivity contribution is -0.276. The van der Waals surface area contributed by atoms with E-state index >= 15 is 0 Å². The molecule has 12 heteroatoms. The molecule has 28 heavy (non-hydrogen) atoms. The fraction of sp³-hybridized carbons (Fsp3) is 0.438. The molecule has 2 unspecified atom stereocenters. The average molecular weight is 472 g/mol. The SMILES string of the molecule is CC1(C)C(C=C(Cl)Cl)C1C(=O)OCc1c(F)c(Cl)c(F)c(OC(F)(F)F)c1F. The summed E-state index contributed by atoms with van der Waals surface area (Å²) in [5.41, 5.74) is -1.81. The highest BCUT2D eigenvalue weighted by atomic mass is 35.5. The highest BCUT2D eigenvalue weighted by Gasteiger charge is 2.61. The van der Waals surface area contributed by atoms with Crippen molar-refractivity contribution in [2.75, 3.05) is 0 Å². The van der Waals surface area contributed by atoms with Crippen LogP contribution in [-0.2, 0) is 16.1 Å². The molecule has 3 nitrogen and oxygen atoms in total. The smallest absolute Gasteiger partial charge is 0.460 e. The number of benzene rings is 1. The molecule has 0 heterocycles. The lowest BCUT2D eigenvalue weighted by Gasteiger charge is -2.15. The first kappa shape index (κ1) is 23.0. The molecule has 1 fully saturated rings. The van der Waals surface area contributed by atoms with Gasteiger partial charge in [0.15, 0.2) is 17.5 Å². The standard InChI is InChI=1S/C16H11Cl3F6O3/c1-15(2)6(3-7(17)18)8(15)14(26)27-4-5-10(20)9(19)12(22)13(11(5)21)28-16(23,24)25/h3,6,8H,4H2,1-2H3. The van der Waals surface area contributed by atoms with Crippen LogP contribution in [0.3, 0.4) is 0 Å². The van der Waals surface area contributed by atoms with Crippen molar-refractivity contribution in [1.29, 1.82) is 0 Å². The Bertz CT molecular complexity index is 834. The van der Waals surface area contributed by atoms with Crippen LogP contribution in [-0.4, -0.2) is 12.3 Å².